The Balaban J connectivity index is 2.14. The van der Waals surface area contributed by atoms with Crippen molar-refractivity contribution in [1.29, 1.82) is 0 Å². The summed E-state index contributed by atoms with van der Waals surface area (Å²) in [5.41, 5.74) is 1.24. The van der Waals surface area contributed by atoms with Crippen LogP contribution in [0.3, 0.4) is 0 Å². The molecule has 1 aliphatic rings. The summed E-state index contributed by atoms with van der Waals surface area (Å²) in [7, 11) is 0. The molecule has 94 valence electrons. The first-order valence-corrected chi connectivity index (χ1v) is 6.16. The van der Waals surface area contributed by atoms with E-state index < -0.39 is 0 Å². The number of aromatic hydroxyl groups is 1. The number of phenolic OH excluding ortho intramolecular Hbond substituents is 1. The molecule has 1 aliphatic heterocycles. The van der Waals surface area contributed by atoms with Gasteiger partial charge in [-0.15, -0.1) is 0 Å². The van der Waals surface area contributed by atoms with Crippen LogP contribution in [0, 0.1) is 0 Å². The first kappa shape index (κ1) is 12.2. The van der Waals surface area contributed by atoms with Crippen LogP contribution in [0.15, 0.2) is 18.2 Å². The molecule has 3 heteroatoms. The van der Waals surface area contributed by atoms with E-state index in [0.29, 0.717) is 11.7 Å². The summed E-state index contributed by atoms with van der Waals surface area (Å²) in [6.45, 7) is 8.17. The van der Waals surface area contributed by atoms with E-state index >= 15 is 0 Å². The third kappa shape index (κ3) is 3.13. The van der Waals surface area contributed by atoms with Crippen LogP contribution in [-0.2, 0) is 0 Å². The molecule has 0 fully saturated rings. The van der Waals surface area contributed by atoms with Crippen LogP contribution < -0.4 is 10.1 Å². The molecule has 2 rings (SSSR count). The summed E-state index contributed by atoms with van der Waals surface area (Å²) in [5.74, 6) is 1.65. The SMILES string of the molecule is CC(C)(C)NCC1CCOc2ccc(O)cc21. The van der Waals surface area contributed by atoms with Crippen molar-refractivity contribution in [2.24, 2.45) is 0 Å². The van der Waals surface area contributed by atoms with E-state index in [1.165, 1.54) is 0 Å². The lowest BCUT2D eigenvalue weighted by Gasteiger charge is -2.29. The molecule has 1 unspecified atom stereocenters. The van der Waals surface area contributed by atoms with Crippen molar-refractivity contribution in [1.82, 2.24) is 5.32 Å². The van der Waals surface area contributed by atoms with E-state index in [0.717, 1.165) is 30.9 Å². The highest BCUT2D eigenvalue weighted by molar-refractivity contribution is 5.43. The molecule has 1 atom stereocenters. The first-order chi connectivity index (χ1) is 7.96. The number of phenols is 1. The summed E-state index contributed by atoms with van der Waals surface area (Å²) in [4.78, 5) is 0. The Morgan fingerprint density at radius 2 is 2.18 bits per heavy atom. The zero-order valence-corrected chi connectivity index (χ0v) is 10.8. The standard InChI is InChI=1S/C14H21NO2/c1-14(2,3)15-9-10-6-7-17-13-5-4-11(16)8-12(10)13/h4-5,8,10,15-16H,6-7,9H2,1-3H3. The van der Waals surface area contributed by atoms with Crippen LogP contribution >= 0.6 is 0 Å². The fourth-order valence-electron chi connectivity index (χ4n) is 2.09. The van der Waals surface area contributed by atoms with Gasteiger partial charge in [0.05, 0.1) is 6.61 Å². The fraction of sp³-hybridized carbons (Fsp3) is 0.571. The van der Waals surface area contributed by atoms with E-state index in [1.54, 1.807) is 6.07 Å². The Morgan fingerprint density at radius 1 is 1.41 bits per heavy atom. The van der Waals surface area contributed by atoms with Gasteiger partial charge < -0.3 is 15.2 Å². The smallest absolute Gasteiger partial charge is 0.123 e. The molecule has 0 spiro atoms. The van der Waals surface area contributed by atoms with Crippen molar-refractivity contribution in [2.75, 3.05) is 13.2 Å². The molecule has 1 aromatic rings. The van der Waals surface area contributed by atoms with Gasteiger partial charge in [-0.2, -0.15) is 0 Å². The quantitative estimate of drug-likeness (QED) is 0.828. The van der Waals surface area contributed by atoms with Crippen LogP contribution in [0.2, 0.25) is 0 Å². The average molecular weight is 235 g/mol. The number of nitrogens with one attached hydrogen (secondary N) is 1. The monoisotopic (exact) mass is 235 g/mol. The van der Waals surface area contributed by atoms with Gasteiger partial charge in [-0.1, -0.05) is 0 Å². The van der Waals surface area contributed by atoms with Crippen molar-refractivity contribution >= 4 is 0 Å². The molecule has 0 saturated carbocycles. The minimum absolute atomic E-state index is 0.120. The average Bonchev–Trinajstić information content (AvgIpc) is 2.25. The molecule has 0 bridgehead atoms. The second-order valence-corrected chi connectivity index (χ2v) is 5.69. The Hall–Kier alpha value is -1.22. The maximum Gasteiger partial charge on any atom is 0.123 e. The van der Waals surface area contributed by atoms with Gasteiger partial charge in [0.25, 0.3) is 0 Å². The normalized spacial score (nSPS) is 19.6. The molecule has 1 aromatic carbocycles. The lowest BCUT2D eigenvalue weighted by Crippen LogP contribution is -2.39. The van der Waals surface area contributed by atoms with Gasteiger partial charge in [-0.25, -0.2) is 0 Å². The number of benzene rings is 1. The predicted molar refractivity (Wildman–Crippen MR) is 68.7 cm³/mol. The molecule has 1 heterocycles. The first-order valence-electron chi connectivity index (χ1n) is 6.16. The molecule has 3 nitrogen and oxygen atoms in total. The van der Waals surface area contributed by atoms with Crippen molar-refractivity contribution in [2.45, 2.75) is 38.6 Å². The highest BCUT2D eigenvalue weighted by Gasteiger charge is 2.23. The van der Waals surface area contributed by atoms with Crippen molar-refractivity contribution in [3.05, 3.63) is 23.8 Å². The summed E-state index contributed by atoms with van der Waals surface area (Å²) in [5, 5.41) is 13.1. The van der Waals surface area contributed by atoms with Gasteiger partial charge in [-0.3, -0.25) is 0 Å². The number of fused-ring (bicyclic) bond motifs is 1. The van der Waals surface area contributed by atoms with Gasteiger partial charge in [0, 0.05) is 23.6 Å². The lowest BCUT2D eigenvalue weighted by molar-refractivity contribution is 0.257. The molecular formula is C14H21NO2. The van der Waals surface area contributed by atoms with Gasteiger partial charge in [0.1, 0.15) is 11.5 Å². The van der Waals surface area contributed by atoms with Gasteiger partial charge in [0.15, 0.2) is 0 Å². The number of hydrogen-bond donors (Lipinski definition) is 2. The van der Waals surface area contributed by atoms with Gasteiger partial charge in [0.2, 0.25) is 0 Å². The minimum Gasteiger partial charge on any atom is -0.508 e. The Bertz CT molecular complexity index is 396. The molecule has 0 aromatic heterocycles. The minimum atomic E-state index is 0.120. The van der Waals surface area contributed by atoms with Crippen LogP contribution in [0.4, 0.5) is 0 Å². The number of ether oxygens (including phenoxy) is 1. The molecule has 0 radical (unpaired) electrons. The number of rotatable bonds is 2. The van der Waals surface area contributed by atoms with E-state index in [-0.39, 0.29) is 5.54 Å². The highest BCUT2D eigenvalue weighted by Crippen LogP contribution is 2.35. The van der Waals surface area contributed by atoms with Gasteiger partial charge >= 0.3 is 0 Å². The number of hydrogen-bond acceptors (Lipinski definition) is 3. The lowest BCUT2D eigenvalue weighted by atomic mass is 9.92. The zero-order chi connectivity index (χ0) is 12.5. The second-order valence-electron chi connectivity index (χ2n) is 5.69. The van der Waals surface area contributed by atoms with Crippen LogP contribution in [0.5, 0.6) is 11.5 Å². The van der Waals surface area contributed by atoms with Crippen molar-refractivity contribution in [3.8, 4) is 11.5 Å². The van der Waals surface area contributed by atoms with Crippen LogP contribution in [0.1, 0.15) is 38.7 Å². The third-order valence-corrected chi connectivity index (χ3v) is 3.04. The predicted octanol–water partition coefficient (Wildman–Crippen LogP) is 2.65. The zero-order valence-electron chi connectivity index (χ0n) is 10.8. The van der Waals surface area contributed by atoms with Crippen molar-refractivity contribution < 1.29 is 9.84 Å². The summed E-state index contributed by atoms with van der Waals surface area (Å²) in [6, 6.07) is 5.36. The largest absolute Gasteiger partial charge is 0.508 e. The molecule has 0 aliphatic carbocycles. The van der Waals surface area contributed by atoms with Crippen LogP contribution in [0.25, 0.3) is 0 Å². The van der Waals surface area contributed by atoms with Crippen LogP contribution in [-0.4, -0.2) is 23.8 Å². The molecule has 0 amide bonds. The second kappa shape index (κ2) is 4.57. The van der Waals surface area contributed by atoms with E-state index in [2.05, 4.69) is 26.1 Å². The molecular weight excluding hydrogens is 214 g/mol. The maximum atomic E-state index is 9.56. The maximum absolute atomic E-state index is 9.56. The Kier molecular flexibility index (Phi) is 3.29. The molecule has 0 saturated heterocycles. The Morgan fingerprint density at radius 3 is 2.88 bits per heavy atom. The summed E-state index contributed by atoms with van der Waals surface area (Å²) >= 11 is 0. The molecule has 2 N–H and O–H groups in total. The van der Waals surface area contributed by atoms with Gasteiger partial charge in [-0.05, 0) is 45.4 Å². The molecule has 17 heavy (non-hydrogen) atoms. The van der Waals surface area contributed by atoms with E-state index in [1.807, 2.05) is 12.1 Å². The summed E-state index contributed by atoms with van der Waals surface area (Å²) < 4.78 is 5.60. The van der Waals surface area contributed by atoms with E-state index in [4.69, 9.17) is 4.74 Å². The third-order valence-electron chi connectivity index (χ3n) is 3.04. The summed E-state index contributed by atoms with van der Waals surface area (Å²) in [6.07, 6.45) is 1.000. The highest BCUT2D eigenvalue weighted by atomic mass is 16.5. The van der Waals surface area contributed by atoms with Crippen molar-refractivity contribution in [3.63, 3.8) is 0 Å². The topological polar surface area (TPSA) is 41.5 Å². The fourth-order valence-corrected chi connectivity index (χ4v) is 2.09. The Labute approximate surface area is 103 Å². The van der Waals surface area contributed by atoms with E-state index in [9.17, 15) is 5.11 Å².